The van der Waals surface area contributed by atoms with Gasteiger partial charge in [-0.15, -0.1) is 0 Å². The number of nitro groups is 1. The Balaban J connectivity index is 1.82. The van der Waals surface area contributed by atoms with Crippen LogP contribution in [0.15, 0.2) is 24.3 Å². The summed E-state index contributed by atoms with van der Waals surface area (Å²) in [6.07, 6.45) is 4.29. The lowest BCUT2D eigenvalue weighted by atomic mass is 10.0. The molecule has 0 unspecified atom stereocenters. The molecule has 0 bridgehead atoms. The molecular weight excluding hydrogens is 260 g/mol. The number of hydrogen-bond acceptors (Lipinski definition) is 5. The van der Waals surface area contributed by atoms with Crippen molar-refractivity contribution >= 4 is 11.7 Å². The zero-order valence-corrected chi connectivity index (χ0v) is 11.2. The van der Waals surface area contributed by atoms with E-state index in [0.29, 0.717) is 12.6 Å². The minimum absolute atomic E-state index is 0.103. The SMILES string of the molecule is O=C(OCC[C@H]1CCCCN1)c1cccc([N+](=O)[O-])c1. The number of carbonyl (C=O) groups excluding carboxylic acids is 1. The third-order valence-electron chi connectivity index (χ3n) is 3.40. The average molecular weight is 278 g/mol. The largest absolute Gasteiger partial charge is 0.462 e. The highest BCUT2D eigenvalue weighted by Crippen LogP contribution is 2.14. The van der Waals surface area contributed by atoms with E-state index < -0.39 is 10.9 Å². The van der Waals surface area contributed by atoms with Crippen molar-refractivity contribution < 1.29 is 14.5 Å². The van der Waals surface area contributed by atoms with Crippen LogP contribution >= 0.6 is 0 Å². The molecule has 1 aromatic carbocycles. The van der Waals surface area contributed by atoms with Gasteiger partial charge in [-0.2, -0.15) is 0 Å². The van der Waals surface area contributed by atoms with Crippen molar-refractivity contribution in [2.75, 3.05) is 13.2 Å². The highest BCUT2D eigenvalue weighted by atomic mass is 16.6. The molecule has 1 aliphatic rings. The molecule has 108 valence electrons. The number of rotatable bonds is 5. The molecule has 6 heteroatoms. The van der Waals surface area contributed by atoms with Crippen LogP contribution in [0.2, 0.25) is 0 Å². The minimum Gasteiger partial charge on any atom is -0.462 e. The monoisotopic (exact) mass is 278 g/mol. The van der Waals surface area contributed by atoms with E-state index in [4.69, 9.17) is 4.74 Å². The van der Waals surface area contributed by atoms with Crippen LogP contribution in [0.1, 0.15) is 36.0 Å². The molecule has 1 aliphatic heterocycles. The average Bonchev–Trinajstić information content (AvgIpc) is 2.48. The van der Waals surface area contributed by atoms with Crippen molar-refractivity contribution in [3.8, 4) is 0 Å². The number of piperidine rings is 1. The molecule has 1 atom stereocenters. The highest BCUT2D eigenvalue weighted by Gasteiger charge is 2.15. The Morgan fingerprint density at radius 1 is 1.45 bits per heavy atom. The van der Waals surface area contributed by atoms with E-state index in [1.807, 2.05) is 0 Å². The van der Waals surface area contributed by atoms with Crippen molar-refractivity contribution in [3.63, 3.8) is 0 Å². The molecule has 0 aliphatic carbocycles. The fraction of sp³-hybridized carbons (Fsp3) is 0.500. The van der Waals surface area contributed by atoms with E-state index in [0.717, 1.165) is 19.4 Å². The second-order valence-corrected chi connectivity index (χ2v) is 4.88. The maximum absolute atomic E-state index is 11.8. The van der Waals surface area contributed by atoms with Crippen molar-refractivity contribution in [1.82, 2.24) is 5.32 Å². The van der Waals surface area contributed by atoms with Crippen LogP contribution in [0.25, 0.3) is 0 Å². The lowest BCUT2D eigenvalue weighted by Crippen LogP contribution is -2.35. The van der Waals surface area contributed by atoms with Crippen LogP contribution in [-0.2, 0) is 4.74 Å². The highest BCUT2D eigenvalue weighted by molar-refractivity contribution is 5.90. The molecule has 0 aromatic heterocycles. The molecule has 0 saturated carbocycles. The molecule has 1 heterocycles. The zero-order chi connectivity index (χ0) is 14.4. The Kier molecular flexibility index (Phi) is 5.06. The normalized spacial score (nSPS) is 18.5. The molecule has 1 N–H and O–H groups in total. The number of ether oxygens (including phenoxy) is 1. The van der Waals surface area contributed by atoms with Crippen LogP contribution < -0.4 is 5.32 Å². The quantitative estimate of drug-likeness (QED) is 0.507. The Bertz CT molecular complexity index is 484. The van der Waals surface area contributed by atoms with Gasteiger partial charge in [-0.3, -0.25) is 10.1 Å². The van der Waals surface area contributed by atoms with Gasteiger partial charge in [-0.1, -0.05) is 12.5 Å². The van der Waals surface area contributed by atoms with Gasteiger partial charge in [0, 0.05) is 18.2 Å². The van der Waals surface area contributed by atoms with Gasteiger partial charge in [-0.25, -0.2) is 4.79 Å². The van der Waals surface area contributed by atoms with Gasteiger partial charge in [0.15, 0.2) is 0 Å². The number of nitrogens with zero attached hydrogens (tertiary/aromatic N) is 1. The van der Waals surface area contributed by atoms with E-state index in [1.54, 1.807) is 0 Å². The second-order valence-electron chi connectivity index (χ2n) is 4.88. The number of nitro benzene ring substituents is 1. The predicted molar refractivity (Wildman–Crippen MR) is 73.6 cm³/mol. The number of carbonyl (C=O) groups is 1. The molecule has 2 rings (SSSR count). The van der Waals surface area contributed by atoms with Gasteiger partial charge < -0.3 is 10.1 Å². The summed E-state index contributed by atoms with van der Waals surface area (Å²) in [6, 6.07) is 6.00. The molecule has 1 fully saturated rings. The number of benzene rings is 1. The fourth-order valence-corrected chi connectivity index (χ4v) is 2.29. The van der Waals surface area contributed by atoms with Gasteiger partial charge in [0.1, 0.15) is 0 Å². The molecule has 6 nitrogen and oxygen atoms in total. The summed E-state index contributed by atoms with van der Waals surface area (Å²) in [7, 11) is 0. The fourth-order valence-electron chi connectivity index (χ4n) is 2.29. The summed E-state index contributed by atoms with van der Waals surface area (Å²) in [5, 5.41) is 14.0. The first-order valence-corrected chi connectivity index (χ1v) is 6.82. The summed E-state index contributed by atoms with van der Waals surface area (Å²) in [6.45, 7) is 1.35. The molecule has 20 heavy (non-hydrogen) atoms. The number of esters is 1. The van der Waals surface area contributed by atoms with Gasteiger partial charge in [0.05, 0.1) is 17.1 Å². The lowest BCUT2D eigenvalue weighted by Gasteiger charge is -2.23. The van der Waals surface area contributed by atoms with E-state index in [9.17, 15) is 14.9 Å². The Labute approximate surface area is 117 Å². The van der Waals surface area contributed by atoms with Gasteiger partial charge >= 0.3 is 5.97 Å². The third kappa shape index (κ3) is 4.03. The lowest BCUT2D eigenvalue weighted by molar-refractivity contribution is -0.384. The van der Waals surface area contributed by atoms with Crippen LogP contribution in [0.3, 0.4) is 0 Å². The summed E-state index contributed by atoms with van der Waals surface area (Å²) >= 11 is 0. The zero-order valence-electron chi connectivity index (χ0n) is 11.2. The predicted octanol–water partition coefficient (Wildman–Crippen LogP) is 2.28. The molecule has 0 amide bonds. The van der Waals surface area contributed by atoms with E-state index in [1.165, 1.54) is 37.1 Å². The maximum atomic E-state index is 11.8. The smallest absolute Gasteiger partial charge is 0.338 e. The van der Waals surface area contributed by atoms with Gasteiger partial charge in [-0.05, 0) is 31.9 Å². The number of non-ortho nitro benzene ring substituents is 1. The number of hydrogen-bond donors (Lipinski definition) is 1. The van der Waals surface area contributed by atoms with Crippen molar-refractivity contribution in [2.24, 2.45) is 0 Å². The topological polar surface area (TPSA) is 81.5 Å². The summed E-state index contributed by atoms with van der Waals surface area (Å²) in [4.78, 5) is 21.9. The Morgan fingerprint density at radius 3 is 3.00 bits per heavy atom. The minimum atomic E-state index is -0.525. The molecule has 0 radical (unpaired) electrons. The standard InChI is InChI=1S/C14H18N2O4/c17-14(11-4-3-6-13(10-11)16(18)19)20-9-7-12-5-1-2-8-15-12/h3-4,6,10,12,15H,1-2,5,7-9H2/t12-/m1/s1. The molecule has 0 spiro atoms. The Morgan fingerprint density at radius 2 is 2.30 bits per heavy atom. The van der Waals surface area contributed by atoms with E-state index >= 15 is 0 Å². The first-order valence-electron chi connectivity index (χ1n) is 6.82. The Hall–Kier alpha value is -1.95. The van der Waals surface area contributed by atoms with Crippen LogP contribution in [0.5, 0.6) is 0 Å². The van der Waals surface area contributed by atoms with Gasteiger partial charge in [0.25, 0.3) is 5.69 Å². The van der Waals surface area contributed by atoms with Crippen LogP contribution in [-0.4, -0.2) is 30.1 Å². The molecule has 1 aromatic rings. The van der Waals surface area contributed by atoms with Gasteiger partial charge in [0.2, 0.25) is 0 Å². The van der Waals surface area contributed by atoms with Crippen LogP contribution in [0, 0.1) is 10.1 Å². The number of nitrogens with one attached hydrogen (secondary N) is 1. The van der Waals surface area contributed by atoms with E-state index in [-0.39, 0.29) is 11.3 Å². The van der Waals surface area contributed by atoms with Crippen molar-refractivity contribution in [2.45, 2.75) is 31.7 Å². The summed E-state index contributed by atoms with van der Waals surface area (Å²) < 4.78 is 5.16. The van der Waals surface area contributed by atoms with E-state index in [2.05, 4.69) is 5.32 Å². The molecular formula is C14H18N2O4. The van der Waals surface area contributed by atoms with Crippen molar-refractivity contribution in [3.05, 3.63) is 39.9 Å². The maximum Gasteiger partial charge on any atom is 0.338 e. The first-order chi connectivity index (χ1) is 9.66. The first kappa shape index (κ1) is 14.5. The third-order valence-corrected chi connectivity index (χ3v) is 3.40. The summed E-state index contributed by atoms with van der Waals surface area (Å²) in [5.41, 5.74) is 0.115. The van der Waals surface area contributed by atoms with Crippen molar-refractivity contribution in [1.29, 1.82) is 0 Å². The molecule has 1 saturated heterocycles. The van der Waals surface area contributed by atoms with Crippen LogP contribution in [0.4, 0.5) is 5.69 Å². The second kappa shape index (κ2) is 7.00. The summed E-state index contributed by atoms with van der Waals surface area (Å²) in [5.74, 6) is -0.510.